The molecule has 0 aliphatic carbocycles. The summed E-state index contributed by atoms with van der Waals surface area (Å²) in [5.74, 6) is 1.04. The molecule has 0 bridgehead atoms. The van der Waals surface area contributed by atoms with Crippen LogP contribution in [0.2, 0.25) is 0 Å². The summed E-state index contributed by atoms with van der Waals surface area (Å²) >= 11 is 0. The first kappa shape index (κ1) is 11.6. The first-order chi connectivity index (χ1) is 7.45. The van der Waals surface area contributed by atoms with Crippen LogP contribution in [-0.2, 0) is 23.0 Å². The summed E-state index contributed by atoms with van der Waals surface area (Å²) in [7, 11) is -3.70. The molecule has 0 amide bonds. The maximum atomic E-state index is 11.5. The molecule has 0 aromatic carbocycles. The van der Waals surface area contributed by atoms with Crippen LogP contribution in [0.25, 0.3) is 0 Å². The van der Waals surface area contributed by atoms with E-state index in [0.29, 0.717) is 0 Å². The topological polar surface area (TPSA) is 78.0 Å². The Morgan fingerprint density at radius 1 is 1.56 bits per heavy atom. The summed E-state index contributed by atoms with van der Waals surface area (Å²) in [6.45, 7) is 4.86. The van der Waals surface area contributed by atoms with Gasteiger partial charge in [0.2, 0.25) is 0 Å². The number of nitrogens with zero attached hydrogens (tertiary/aromatic N) is 2. The zero-order valence-electron chi connectivity index (χ0n) is 9.60. The molecule has 0 saturated heterocycles. The Morgan fingerprint density at radius 2 is 2.25 bits per heavy atom. The van der Waals surface area contributed by atoms with Crippen molar-refractivity contribution in [3.8, 4) is 0 Å². The van der Waals surface area contributed by atoms with E-state index >= 15 is 0 Å². The average molecular weight is 243 g/mol. The van der Waals surface area contributed by atoms with Crippen molar-refractivity contribution < 1.29 is 8.42 Å². The van der Waals surface area contributed by atoms with Gasteiger partial charge in [0.25, 0.3) is 10.0 Å². The van der Waals surface area contributed by atoms with Crippen molar-refractivity contribution in [2.75, 3.05) is 0 Å². The van der Waals surface area contributed by atoms with Crippen LogP contribution in [0.3, 0.4) is 0 Å². The second-order valence-electron chi connectivity index (χ2n) is 4.31. The van der Waals surface area contributed by atoms with E-state index in [-0.39, 0.29) is 10.9 Å². The predicted molar refractivity (Wildman–Crippen MR) is 60.6 cm³/mol. The summed E-state index contributed by atoms with van der Waals surface area (Å²) < 4.78 is 25.0. The number of hydrogen-bond donors (Lipinski definition) is 1. The van der Waals surface area contributed by atoms with Crippen LogP contribution >= 0.6 is 0 Å². The van der Waals surface area contributed by atoms with Crippen LogP contribution < -0.4 is 5.14 Å². The van der Waals surface area contributed by atoms with Crippen LogP contribution in [-0.4, -0.2) is 18.0 Å². The molecule has 1 atom stereocenters. The van der Waals surface area contributed by atoms with Crippen molar-refractivity contribution in [1.82, 2.24) is 9.55 Å². The van der Waals surface area contributed by atoms with Gasteiger partial charge in [-0.05, 0) is 18.8 Å². The Morgan fingerprint density at radius 3 is 2.81 bits per heavy atom. The van der Waals surface area contributed by atoms with Gasteiger partial charge in [-0.3, -0.25) is 0 Å². The molecule has 2 rings (SSSR count). The number of sulfonamides is 1. The van der Waals surface area contributed by atoms with Gasteiger partial charge in [-0.15, -0.1) is 0 Å². The standard InChI is InChI=1S/C10H17N3O2S/c1-3-8-12-10(16(11,14)15)9-7(2)5-4-6-13(8)9/h7H,3-6H2,1-2H3,(H2,11,14,15). The van der Waals surface area contributed by atoms with Crippen molar-refractivity contribution in [2.45, 2.75) is 50.6 Å². The molecular weight excluding hydrogens is 226 g/mol. The fraction of sp³-hybridized carbons (Fsp3) is 0.700. The van der Waals surface area contributed by atoms with Gasteiger partial charge in [0.05, 0.1) is 5.69 Å². The number of aromatic nitrogens is 2. The maximum absolute atomic E-state index is 11.5. The SMILES string of the molecule is CCc1nc(S(N)(=O)=O)c2n1CCCC2C. The van der Waals surface area contributed by atoms with Gasteiger partial charge in [0, 0.05) is 13.0 Å². The molecule has 1 aliphatic rings. The number of rotatable bonds is 2. The highest BCUT2D eigenvalue weighted by Crippen LogP contribution is 2.32. The molecule has 1 unspecified atom stereocenters. The largest absolute Gasteiger partial charge is 0.330 e. The molecule has 0 saturated carbocycles. The first-order valence-corrected chi connectivity index (χ1v) is 7.12. The van der Waals surface area contributed by atoms with E-state index in [1.807, 2.05) is 18.4 Å². The van der Waals surface area contributed by atoms with E-state index in [0.717, 1.165) is 37.3 Å². The van der Waals surface area contributed by atoms with Crippen molar-refractivity contribution in [1.29, 1.82) is 0 Å². The molecule has 1 aromatic heterocycles. The lowest BCUT2D eigenvalue weighted by molar-refractivity contribution is 0.457. The second kappa shape index (κ2) is 3.85. The summed E-state index contributed by atoms with van der Waals surface area (Å²) in [6, 6.07) is 0. The van der Waals surface area contributed by atoms with E-state index in [2.05, 4.69) is 4.98 Å². The first-order valence-electron chi connectivity index (χ1n) is 5.57. The number of primary sulfonamides is 1. The third-order valence-electron chi connectivity index (χ3n) is 3.12. The molecule has 0 fully saturated rings. The Bertz CT molecular complexity index is 504. The zero-order valence-corrected chi connectivity index (χ0v) is 10.4. The number of fused-ring (bicyclic) bond motifs is 1. The van der Waals surface area contributed by atoms with E-state index in [1.165, 1.54) is 0 Å². The normalized spacial score (nSPS) is 20.8. The van der Waals surface area contributed by atoms with Gasteiger partial charge < -0.3 is 4.57 Å². The molecular formula is C10H17N3O2S. The molecule has 2 heterocycles. The molecule has 0 spiro atoms. The maximum Gasteiger partial charge on any atom is 0.257 e. The smallest absolute Gasteiger partial charge is 0.257 e. The Labute approximate surface area is 95.7 Å². The van der Waals surface area contributed by atoms with E-state index in [4.69, 9.17) is 5.14 Å². The van der Waals surface area contributed by atoms with Crippen molar-refractivity contribution in [3.63, 3.8) is 0 Å². The summed E-state index contributed by atoms with van der Waals surface area (Å²) in [4.78, 5) is 4.18. The van der Waals surface area contributed by atoms with Gasteiger partial charge >= 0.3 is 0 Å². The van der Waals surface area contributed by atoms with Gasteiger partial charge in [0.15, 0.2) is 5.03 Å². The van der Waals surface area contributed by atoms with Gasteiger partial charge in [-0.25, -0.2) is 18.5 Å². The quantitative estimate of drug-likeness (QED) is 0.841. The van der Waals surface area contributed by atoms with Crippen LogP contribution in [0.4, 0.5) is 0 Å². The summed E-state index contributed by atoms with van der Waals surface area (Å²) in [6.07, 6.45) is 2.80. The highest BCUT2D eigenvalue weighted by Gasteiger charge is 2.29. The molecule has 90 valence electrons. The van der Waals surface area contributed by atoms with Crippen LogP contribution in [0, 0.1) is 0 Å². The molecule has 16 heavy (non-hydrogen) atoms. The fourth-order valence-corrected chi connectivity index (χ4v) is 3.22. The lowest BCUT2D eigenvalue weighted by atomic mass is 9.98. The predicted octanol–water partition coefficient (Wildman–Crippen LogP) is 0.990. The van der Waals surface area contributed by atoms with E-state index < -0.39 is 10.0 Å². The second-order valence-corrected chi connectivity index (χ2v) is 5.79. The van der Waals surface area contributed by atoms with Crippen LogP contribution in [0.5, 0.6) is 0 Å². The number of hydrogen-bond acceptors (Lipinski definition) is 3. The molecule has 0 radical (unpaired) electrons. The van der Waals surface area contributed by atoms with E-state index in [9.17, 15) is 8.42 Å². The van der Waals surface area contributed by atoms with Crippen molar-refractivity contribution >= 4 is 10.0 Å². The highest BCUT2D eigenvalue weighted by atomic mass is 32.2. The highest BCUT2D eigenvalue weighted by molar-refractivity contribution is 7.89. The van der Waals surface area contributed by atoms with Crippen LogP contribution in [0.1, 0.15) is 44.1 Å². The molecule has 5 nitrogen and oxygen atoms in total. The fourth-order valence-electron chi connectivity index (χ4n) is 2.39. The summed E-state index contributed by atoms with van der Waals surface area (Å²) in [5.41, 5.74) is 0.797. The monoisotopic (exact) mass is 243 g/mol. The lowest BCUT2D eigenvalue weighted by Crippen LogP contribution is -2.20. The van der Waals surface area contributed by atoms with Gasteiger partial charge in [-0.2, -0.15) is 0 Å². The average Bonchev–Trinajstić information content (AvgIpc) is 2.57. The molecule has 2 N–H and O–H groups in total. The minimum absolute atomic E-state index is 0.0801. The summed E-state index contributed by atoms with van der Waals surface area (Å²) in [5, 5.41) is 5.29. The van der Waals surface area contributed by atoms with E-state index in [1.54, 1.807) is 0 Å². The molecule has 1 aliphatic heterocycles. The number of imidazole rings is 1. The van der Waals surface area contributed by atoms with Crippen molar-refractivity contribution in [2.24, 2.45) is 5.14 Å². The minimum Gasteiger partial charge on any atom is -0.330 e. The third-order valence-corrected chi connectivity index (χ3v) is 3.96. The van der Waals surface area contributed by atoms with Crippen LogP contribution in [0.15, 0.2) is 5.03 Å². The molecule has 6 heteroatoms. The number of nitrogens with two attached hydrogens (primary N) is 1. The number of aryl methyl sites for hydroxylation is 1. The Kier molecular flexibility index (Phi) is 2.79. The Hall–Kier alpha value is -0.880. The minimum atomic E-state index is -3.70. The zero-order chi connectivity index (χ0) is 11.9. The van der Waals surface area contributed by atoms with Gasteiger partial charge in [0.1, 0.15) is 5.82 Å². The lowest BCUT2D eigenvalue weighted by Gasteiger charge is -2.22. The van der Waals surface area contributed by atoms with Crippen molar-refractivity contribution in [3.05, 3.63) is 11.5 Å². The van der Waals surface area contributed by atoms with Gasteiger partial charge in [-0.1, -0.05) is 13.8 Å². The Balaban J connectivity index is 2.68. The molecule has 1 aromatic rings. The third kappa shape index (κ3) is 1.76.